The quantitative estimate of drug-likeness (QED) is 0.165. The van der Waals surface area contributed by atoms with Gasteiger partial charge in [-0.2, -0.15) is 0 Å². The zero-order valence-electron chi connectivity index (χ0n) is 33.5. The van der Waals surface area contributed by atoms with Gasteiger partial charge in [-0.15, -0.1) is 0 Å². The average Bonchev–Trinajstić information content (AvgIpc) is 4.04. The van der Waals surface area contributed by atoms with E-state index in [0.717, 1.165) is 93.8 Å². The van der Waals surface area contributed by atoms with Crippen molar-refractivity contribution in [3.63, 3.8) is 0 Å². The summed E-state index contributed by atoms with van der Waals surface area (Å²) in [7, 11) is 0. The Labute approximate surface area is 359 Å². The van der Waals surface area contributed by atoms with Crippen LogP contribution in [0.25, 0.3) is 128 Å². The summed E-state index contributed by atoms with van der Waals surface area (Å²) in [5, 5.41) is 4.98. The molecule has 0 spiro atoms. The topological polar surface area (TPSA) is 95.7 Å². The summed E-state index contributed by atoms with van der Waals surface area (Å²) in [6, 6.07) is 65.7. The standard InChI is InChI=1S/C55H32N6O2/c1-4-16-33(17-5-1)49-51-50(39-23-11-13-28-44(39)63-51)57-53(56-49)35-30-31-38-46(32-35)62-45-29-15-25-41(48(38)45)55-59-52(34-18-6-2-7-19-34)58-54(60-55)40-24-14-27-43-47(40)37-22-10-12-26-42(37)61(43)36-20-8-3-9-21-36/h1-32H. The van der Waals surface area contributed by atoms with Gasteiger partial charge < -0.3 is 13.4 Å². The van der Waals surface area contributed by atoms with E-state index in [1.807, 2.05) is 109 Å². The molecule has 0 aliphatic heterocycles. The molecule has 0 amide bonds. The molecular weight excluding hydrogens is 777 g/mol. The van der Waals surface area contributed by atoms with Crippen LogP contribution in [-0.2, 0) is 0 Å². The SMILES string of the molecule is c1ccc(-c2nc(-c3cccc4oc5cc(-c6nc(-c7ccccc7)c7oc8ccccc8c7n6)ccc5c34)nc(-c3cccc4c3c3ccccc3n4-c3ccccc3)n2)cc1. The smallest absolute Gasteiger partial charge is 0.180 e. The minimum absolute atomic E-state index is 0.549. The fourth-order valence-electron chi connectivity index (χ4n) is 9.06. The van der Waals surface area contributed by atoms with Gasteiger partial charge in [0.2, 0.25) is 0 Å². The number of aromatic nitrogens is 6. The van der Waals surface area contributed by atoms with E-state index in [1.54, 1.807) is 0 Å². The van der Waals surface area contributed by atoms with E-state index in [-0.39, 0.29) is 0 Å². The third-order valence-corrected chi connectivity index (χ3v) is 11.9. The van der Waals surface area contributed by atoms with E-state index in [4.69, 9.17) is 33.8 Å². The van der Waals surface area contributed by atoms with Crippen LogP contribution in [0, 0.1) is 0 Å². The number of nitrogens with zero attached hydrogens (tertiary/aromatic N) is 6. The zero-order chi connectivity index (χ0) is 41.4. The molecule has 0 aliphatic carbocycles. The monoisotopic (exact) mass is 808 g/mol. The molecule has 8 aromatic carbocycles. The maximum absolute atomic E-state index is 6.67. The first-order valence-electron chi connectivity index (χ1n) is 20.8. The van der Waals surface area contributed by atoms with Crippen LogP contribution < -0.4 is 0 Å². The first kappa shape index (κ1) is 35.0. The summed E-state index contributed by atoms with van der Waals surface area (Å²) in [6.07, 6.45) is 0. The van der Waals surface area contributed by atoms with Crippen LogP contribution in [0.4, 0.5) is 0 Å². The summed E-state index contributed by atoms with van der Waals surface area (Å²) >= 11 is 0. The van der Waals surface area contributed by atoms with E-state index >= 15 is 0 Å². The first-order chi connectivity index (χ1) is 31.2. The van der Waals surface area contributed by atoms with Crippen molar-refractivity contribution in [1.29, 1.82) is 0 Å². The molecular formula is C55H32N6O2. The number of hydrogen-bond donors (Lipinski definition) is 0. The predicted molar refractivity (Wildman–Crippen MR) is 251 cm³/mol. The molecule has 0 radical (unpaired) electrons. The molecule has 0 fully saturated rings. The second-order valence-electron chi connectivity index (χ2n) is 15.6. The third-order valence-electron chi connectivity index (χ3n) is 11.9. The van der Waals surface area contributed by atoms with Gasteiger partial charge in [0.1, 0.15) is 28.0 Å². The van der Waals surface area contributed by atoms with Gasteiger partial charge in [0.15, 0.2) is 28.9 Å². The molecule has 13 rings (SSSR count). The van der Waals surface area contributed by atoms with Crippen LogP contribution in [-0.4, -0.2) is 29.5 Å². The van der Waals surface area contributed by atoms with Crippen molar-refractivity contribution in [2.45, 2.75) is 0 Å². The largest absolute Gasteiger partial charge is 0.456 e. The van der Waals surface area contributed by atoms with Crippen LogP contribution >= 0.6 is 0 Å². The third kappa shape index (κ3) is 5.58. The molecule has 8 heteroatoms. The number of fused-ring (bicyclic) bond motifs is 9. The minimum Gasteiger partial charge on any atom is -0.456 e. The molecule has 0 bridgehead atoms. The highest BCUT2D eigenvalue weighted by Gasteiger charge is 2.23. The molecule has 0 atom stereocenters. The van der Waals surface area contributed by atoms with Crippen LogP contribution in [0.5, 0.6) is 0 Å². The van der Waals surface area contributed by atoms with Crippen molar-refractivity contribution in [3.05, 3.63) is 194 Å². The molecule has 294 valence electrons. The molecule has 8 nitrogen and oxygen atoms in total. The van der Waals surface area contributed by atoms with E-state index in [1.165, 1.54) is 0 Å². The lowest BCUT2D eigenvalue weighted by molar-refractivity contribution is 0.667. The highest BCUT2D eigenvalue weighted by atomic mass is 16.3. The first-order valence-corrected chi connectivity index (χ1v) is 20.8. The number of para-hydroxylation sites is 3. The molecule has 0 unspecified atom stereocenters. The Balaban J connectivity index is 1.01. The van der Waals surface area contributed by atoms with Crippen LogP contribution in [0.3, 0.4) is 0 Å². The van der Waals surface area contributed by atoms with Crippen molar-refractivity contribution >= 4 is 65.8 Å². The van der Waals surface area contributed by atoms with Gasteiger partial charge >= 0.3 is 0 Å². The Morgan fingerprint density at radius 3 is 1.75 bits per heavy atom. The second kappa shape index (κ2) is 13.9. The van der Waals surface area contributed by atoms with Gasteiger partial charge in [0.25, 0.3) is 0 Å². The van der Waals surface area contributed by atoms with Gasteiger partial charge in [-0.05, 0) is 54.6 Å². The molecule has 13 aromatic rings. The van der Waals surface area contributed by atoms with Gasteiger partial charge in [-0.25, -0.2) is 24.9 Å². The zero-order valence-corrected chi connectivity index (χ0v) is 33.5. The van der Waals surface area contributed by atoms with E-state index in [9.17, 15) is 0 Å². The predicted octanol–water partition coefficient (Wildman–Crippen LogP) is 13.9. The van der Waals surface area contributed by atoms with E-state index < -0.39 is 0 Å². The molecule has 0 saturated carbocycles. The molecule has 5 aromatic heterocycles. The average molecular weight is 809 g/mol. The van der Waals surface area contributed by atoms with Crippen molar-refractivity contribution in [1.82, 2.24) is 29.5 Å². The Hall–Kier alpha value is -8.75. The van der Waals surface area contributed by atoms with Crippen LogP contribution in [0.2, 0.25) is 0 Å². The van der Waals surface area contributed by atoms with Crippen molar-refractivity contribution in [3.8, 4) is 62.5 Å². The highest BCUT2D eigenvalue weighted by molar-refractivity contribution is 6.16. The molecule has 0 aliphatic rings. The Morgan fingerprint density at radius 2 is 0.952 bits per heavy atom. The van der Waals surface area contributed by atoms with Crippen molar-refractivity contribution in [2.75, 3.05) is 0 Å². The number of rotatable bonds is 6. The summed E-state index contributed by atoms with van der Waals surface area (Å²) in [5.41, 5.74) is 12.0. The Morgan fingerprint density at radius 1 is 0.349 bits per heavy atom. The maximum Gasteiger partial charge on any atom is 0.180 e. The summed E-state index contributed by atoms with van der Waals surface area (Å²) in [4.78, 5) is 25.9. The van der Waals surface area contributed by atoms with Gasteiger partial charge in [0.05, 0.1) is 11.0 Å². The Bertz CT molecular complexity index is 3910. The lowest BCUT2D eigenvalue weighted by Gasteiger charge is -2.11. The van der Waals surface area contributed by atoms with E-state index in [2.05, 4.69) is 89.5 Å². The lowest BCUT2D eigenvalue weighted by Crippen LogP contribution is -2.01. The minimum atomic E-state index is 0.549. The summed E-state index contributed by atoms with van der Waals surface area (Å²) in [6.45, 7) is 0. The van der Waals surface area contributed by atoms with Crippen LogP contribution in [0.1, 0.15) is 0 Å². The fraction of sp³-hybridized carbons (Fsp3) is 0. The maximum atomic E-state index is 6.67. The van der Waals surface area contributed by atoms with Gasteiger partial charge in [0, 0.05) is 60.4 Å². The second-order valence-corrected chi connectivity index (χ2v) is 15.6. The number of benzene rings is 8. The highest BCUT2D eigenvalue weighted by Crippen LogP contribution is 2.42. The molecule has 63 heavy (non-hydrogen) atoms. The molecule has 0 saturated heterocycles. The van der Waals surface area contributed by atoms with Crippen LogP contribution in [0.15, 0.2) is 203 Å². The van der Waals surface area contributed by atoms with E-state index in [0.29, 0.717) is 34.5 Å². The van der Waals surface area contributed by atoms with Crippen molar-refractivity contribution in [2.24, 2.45) is 0 Å². The number of hydrogen-bond acceptors (Lipinski definition) is 7. The Kier molecular flexibility index (Phi) is 7.74. The molecule has 0 N–H and O–H groups in total. The number of furan rings is 2. The lowest BCUT2D eigenvalue weighted by atomic mass is 10.0. The summed E-state index contributed by atoms with van der Waals surface area (Å²) in [5.74, 6) is 2.29. The normalized spacial score (nSPS) is 11.8. The summed E-state index contributed by atoms with van der Waals surface area (Å²) < 4.78 is 15.3. The molecule has 5 heterocycles. The van der Waals surface area contributed by atoms with Gasteiger partial charge in [-0.1, -0.05) is 140 Å². The fourth-order valence-corrected chi connectivity index (χ4v) is 9.06. The van der Waals surface area contributed by atoms with Gasteiger partial charge in [-0.3, -0.25) is 0 Å². The van der Waals surface area contributed by atoms with Crippen molar-refractivity contribution < 1.29 is 8.83 Å².